The maximum Gasteiger partial charge on any atom is 0.251 e. The molecule has 0 fully saturated rings. The quantitative estimate of drug-likeness (QED) is 0.295. The van der Waals surface area contributed by atoms with Crippen LogP contribution in [-0.4, -0.2) is 30.1 Å². The van der Waals surface area contributed by atoms with E-state index >= 15 is 0 Å². The zero-order chi connectivity index (χ0) is 28.2. The zero-order valence-electron chi connectivity index (χ0n) is 21.8. The van der Waals surface area contributed by atoms with Gasteiger partial charge >= 0.3 is 0 Å². The number of carbonyl (C=O) groups excluding carboxylic acids is 2. The second-order valence-electron chi connectivity index (χ2n) is 8.84. The standard InChI is InChI=1S/C25H22FN3O3.C7H8/c1-16(17-6-8-22(26)9-7-17)29-25(32)21-13-19(23-5-3-2-4-18(23)15-27)12-20(14-21)24(31)28-10-11-30;1-7-5-3-2-4-6-7/h2-9,12-14,16,30H,10-11H2,1H3,(H,28,31)(H,29,32);2-6H,1H3/t16-;/m1./s1. The zero-order valence-corrected chi connectivity index (χ0v) is 21.8. The molecule has 0 aliphatic carbocycles. The third kappa shape index (κ3) is 8.35. The van der Waals surface area contributed by atoms with Gasteiger partial charge in [0, 0.05) is 17.7 Å². The summed E-state index contributed by atoms with van der Waals surface area (Å²) in [7, 11) is 0. The minimum Gasteiger partial charge on any atom is -0.395 e. The normalized spacial score (nSPS) is 10.8. The van der Waals surface area contributed by atoms with E-state index in [4.69, 9.17) is 5.11 Å². The SMILES string of the molecule is C[C@@H](NC(=O)c1cc(C(=O)NCCO)cc(-c2ccccc2C#N)c1)c1ccc(F)cc1.Cc1ccccc1. The van der Waals surface area contributed by atoms with Crippen molar-refractivity contribution in [3.05, 3.63) is 131 Å². The fourth-order valence-electron chi connectivity index (χ4n) is 3.80. The van der Waals surface area contributed by atoms with E-state index < -0.39 is 17.9 Å². The minimum atomic E-state index is -0.448. The molecule has 0 saturated heterocycles. The molecule has 6 nitrogen and oxygen atoms in total. The van der Waals surface area contributed by atoms with Gasteiger partial charge < -0.3 is 15.7 Å². The predicted octanol–water partition coefficient (Wildman–Crippen LogP) is 5.57. The van der Waals surface area contributed by atoms with E-state index in [1.54, 1.807) is 55.5 Å². The summed E-state index contributed by atoms with van der Waals surface area (Å²) >= 11 is 0. The Hall–Kier alpha value is -4.80. The molecule has 0 spiro atoms. The number of nitriles is 1. The third-order valence-electron chi connectivity index (χ3n) is 5.87. The van der Waals surface area contributed by atoms with Crippen molar-refractivity contribution in [1.82, 2.24) is 10.6 Å². The van der Waals surface area contributed by atoms with E-state index in [1.165, 1.54) is 23.8 Å². The average Bonchev–Trinajstić information content (AvgIpc) is 2.96. The van der Waals surface area contributed by atoms with Crippen LogP contribution in [0.3, 0.4) is 0 Å². The first kappa shape index (κ1) is 28.8. The Morgan fingerprint density at radius 2 is 1.51 bits per heavy atom. The van der Waals surface area contributed by atoms with Gasteiger partial charge in [0.15, 0.2) is 0 Å². The average molecular weight is 524 g/mol. The number of carbonyl (C=O) groups is 2. The molecule has 7 heteroatoms. The number of amides is 2. The topological polar surface area (TPSA) is 102 Å². The van der Waals surface area contributed by atoms with E-state index in [0.29, 0.717) is 16.7 Å². The fourth-order valence-corrected chi connectivity index (χ4v) is 3.80. The number of nitrogens with one attached hydrogen (secondary N) is 2. The highest BCUT2D eigenvalue weighted by molar-refractivity contribution is 6.01. The van der Waals surface area contributed by atoms with Crippen LogP contribution >= 0.6 is 0 Å². The molecule has 0 radical (unpaired) electrons. The number of nitrogens with zero attached hydrogens (tertiary/aromatic N) is 1. The lowest BCUT2D eigenvalue weighted by molar-refractivity contribution is 0.0940. The number of aliphatic hydroxyl groups is 1. The van der Waals surface area contributed by atoms with Crippen molar-refractivity contribution in [3.63, 3.8) is 0 Å². The van der Waals surface area contributed by atoms with Gasteiger partial charge in [-0.25, -0.2) is 4.39 Å². The highest BCUT2D eigenvalue weighted by atomic mass is 19.1. The van der Waals surface area contributed by atoms with Crippen molar-refractivity contribution in [1.29, 1.82) is 5.26 Å². The highest BCUT2D eigenvalue weighted by Gasteiger charge is 2.17. The van der Waals surface area contributed by atoms with Gasteiger partial charge in [0.2, 0.25) is 0 Å². The maximum atomic E-state index is 13.2. The first-order chi connectivity index (χ1) is 18.8. The number of benzene rings is 4. The molecule has 198 valence electrons. The number of rotatable bonds is 7. The summed E-state index contributed by atoms with van der Waals surface area (Å²) in [5.41, 5.74) is 4.05. The summed E-state index contributed by atoms with van der Waals surface area (Å²) in [4.78, 5) is 25.5. The van der Waals surface area contributed by atoms with Crippen molar-refractivity contribution in [2.45, 2.75) is 19.9 Å². The van der Waals surface area contributed by atoms with Gasteiger partial charge in [-0.1, -0.05) is 66.2 Å². The Bertz CT molecular complexity index is 1450. The molecule has 0 unspecified atom stereocenters. The largest absolute Gasteiger partial charge is 0.395 e. The Labute approximate surface area is 227 Å². The lowest BCUT2D eigenvalue weighted by Gasteiger charge is -2.16. The molecule has 0 heterocycles. The van der Waals surface area contributed by atoms with E-state index in [1.807, 2.05) is 18.2 Å². The Balaban J connectivity index is 0.000000520. The number of hydrogen-bond donors (Lipinski definition) is 3. The second kappa shape index (κ2) is 14.2. The lowest BCUT2D eigenvalue weighted by Crippen LogP contribution is -2.28. The number of aliphatic hydroxyl groups excluding tert-OH is 1. The maximum absolute atomic E-state index is 13.2. The van der Waals surface area contributed by atoms with Crippen LogP contribution < -0.4 is 10.6 Å². The summed E-state index contributed by atoms with van der Waals surface area (Å²) in [5.74, 6) is -1.24. The van der Waals surface area contributed by atoms with Crippen LogP contribution in [0.2, 0.25) is 0 Å². The van der Waals surface area contributed by atoms with E-state index in [9.17, 15) is 19.2 Å². The minimum absolute atomic E-state index is 0.0704. The van der Waals surface area contributed by atoms with Crippen LogP contribution in [0.5, 0.6) is 0 Å². The molecule has 4 rings (SSSR count). The number of aryl methyl sites for hydroxylation is 1. The van der Waals surface area contributed by atoms with Gasteiger partial charge in [0.1, 0.15) is 5.82 Å². The number of hydrogen-bond acceptors (Lipinski definition) is 4. The smallest absolute Gasteiger partial charge is 0.251 e. The van der Waals surface area contributed by atoms with Gasteiger partial charge in [-0.05, 0) is 66.9 Å². The van der Waals surface area contributed by atoms with Crippen LogP contribution in [0.15, 0.2) is 97.1 Å². The summed E-state index contributed by atoms with van der Waals surface area (Å²) in [6, 6.07) is 29.4. The molecule has 0 bridgehead atoms. The van der Waals surface area contributed by atoms with Crippen molar-refractivity contribution in [2.24, 2.45) is 0 Å². The van der Waals surface area contributed by atoms with Gasteiger partial charge in [0.05, 0.1) is 24.3 Å². The van der Waals surface area contributed by atoms with E-state index in [2.05, 4.69) is 35.8 Å². The van der Waals surface area contributed by atoms with Crippen LogP contribution in [0.25, 0.3) is 11.1 Å². The molecule has 2 amide bonds. The Kier molecular flexibility index (Phi) is 10.5. The summed E-state index contributed by atoms with van der Waals surface area (Å²) < 4.78 is 13.2. The van der Waals surface area contributed by atoms with Crippen LogP contribution in [0.1, 0.15) is 50.4 Å². The Morgan fingerprint density at radius 1 is 0.897 bits per heavy atom. The molecule has 0 aromatic heterocycles. The first-order valence-corrected chi connectivity index (χ1v) is 12.4. The van der Waals surface area contributed by atoms with E-state index in [0.717, 1.165) is 5.56 Å². The fraction of sp³-hybridized carbons (Fsp3) is 0.156. The van der Waals surface area contributed by atoms with Gasteiger partial charge in [-0.15, -0.1) is 0 Å². The van der Waals surface area contributed by atoms with Crippen molar-refractivity contribution >= 4 is 11.8 Å². The molecule has 0 aliphatic heterocycles. The van der Waals surface area contributed by atoms with Crippen LogP contribution in [0.4, 0.5) is 4.39 Å². The molecule has 39 heavy (non-hydrogen) atoms. The lowest BCUT2D eigenvalue weighted by atomic mass is 9.95. The second-order valence-corrected chi connectivity index (χ2v) is 8.84. The first-order valence-electron chi connectivity index (χ1n) is 12.4. The van der Waals surface area contributed by atoms with Gasteiger partial charge in [-0.3, -0.25) is 9.59 Å². The monoisotopic (exact) mass is 523 g/mol. The molecule has 4 aromatic rings. The highest BCUT2D eigenvalue weighted by Crippen LogP contribution is 2.26. The predicted molar refractivity (Wildman–Crippen MR) is 149 cm³/mol. The van der Waals surface area contributed by atoms with Crippen LogP contribution in [-0.2, 0) is 0 Å². The molecule has 0 saturated carbocycles. The Morgan fingerprint density at radius 3 is 2.10 bits per heavy atom. The molecule has 1 atom stereocenters. The van der Waals surface area contributed by atoms with E-state index in [-0.39, 0.29) is 30.1 Å². The molecule has 3 N–H and O–H groups in total. The number of halogens is 1. The van der Waals surface area contributed by atoms with Gasteiger partial charge in [0.25, 0.3) is 11.8 Å². The molecular formula is C32H30FN3O3. The van der Waals surface area contributed by atoms with Gasteiger partial charge in [-0.2, -0.15) is 5.26 Å². The molecular weight excluding hydrogens is 493 g/mol. The molecule has 0 aliphatic rings. The summed E-state index contributed by atoms with van der Waals surface area (Å²) in [6.07, 6.45) is 0. The van der Waals surface area contributed by atoms with Crippen LogP contribution in [0, 0.1) is 24.1 Å². The molecule has 4 aromatic carbocycles. The van der Waals surface area contributed by atoms with Crippen molar-refractivity contribution in [2.75, 3.05) is 13.2 Å². The third-order valence-corrected chi connectivity index (χ3v) is 5.87. The summed E-state index contributed by atoms with van der Waals surface area (Å²) in [5, 5.41) is 23.9. The summed E-state index contributed by atoms with van der Waals surface area (Å²) in [6.45, 7) is 3.71. The van der Waals surface area contributed by atoms with Crippen molar-refractivity contribution in [3.8, 4) is 17.2 Å². The van der Waals surface area contributed by atoms with Crippen molar-refractivity contribution < 1.29 is 19.1 Å².